The summed E-state index contributed by atoms with van der Waals surface area (Å²) < 4.78 is 1.21. The van der Waals surface area contributed by atoms with Crippen LogP contribution in [0.25, 0.3) is 5.69 Å². The van der Waals surface area contributed by atoms with Crippen LogP contribution >= 0.6 is 0 Å². The van der Waals surface area contributed by atoms with E-state index in [0.717, 1.165) is 6.20 Å². The summed E-state index contributed by atoms with van der Waals surface area (Å²) >= 11 is 0. The van der Waals surface area contributed by atoms with E-state index in [1.54, 1.807) is 30.3 Å². The number of carbonyl (C=O) groups is 2. The van der Waals surface area contributed by atoms with Crippen molar-refractivity contribution < 1.29 is 14.7 Å². The van der Waals surface area contributed by atoms with E-state index in [-0.39, 0.29) is 11.3 Å². The lowest BCUT2D eigenvalue weighted by Gasteiger charge is -2.04. The fraction of sp³-hybridized carbons (Fsp3) is 0. The summed E-state index contributed by atoms with van der Waals surface area (Å²) in [5.41, 5.74) is 5.41. The lowest BCUT2D eigenvalue weighted by atomic mass is 10.2. The molecule has 0 saturated heterocycles. The molecule has 6 nitrogen and oxygen atoms in total. The van der Waals surface area contributed by atoms with E-state index in [2.05, 4.69) is 5.10 Å². The molecule has 0 spiro atoms. The second kappa shape index (κ2) is 4.09. The number of primary amides is 1. The van der Waals surface area contributed by atoms with Gasteiger partial charge in [0, 0.05) is 0 Å². The maximum atomic E-state index is 11.3. The van der Waals surface area contributed by atoms with E-state index in [9.17, 15) is 9.59 Å². The summed E-state index contributed by atoms with van der Waals surface area (Å²) in [6.45, 7) is 0. The van der Waals surface area contributed by atoms with Crippen molar-refractivity contribution in [3.05, 3.63) is 47.8 Å². The minimum Gasteiger partial charge on any atom is -0.478 e. The number of aromatic carboxylic acids is 1. The van der Waals surface area contributed by atoms with Gasteiger partial charge in [-0.2, -0.15) is 5.10 Å². The predicted octanol–water partition coefficient (Wildman–Crippen LogP) is 0.669. The van der Waals surface area contributed by atoms with E-state index in [1.807, 2.05) is 0 Å². The van der Waals surface area contributed by atoms with Crippen LogP contribution in [0.1, 0.15) is 20.8 Å². The maximum absolute atomic E-state index is 11.3. The van der Waals surface area contributed by atoms with Gasteiger partial charge in [0.25, 0.3) is 5.91 Å². The van der Waals surface area contributed by atoms with Crippen molar-refractivity contribution in [1.29, 1.82) is 0 Å². The average Bonchev–Trinajstić information content (AvgIpc) is 2.74. The summed E-state index contributed by atoms with van der Waals surface area (Å²) in [5, 5.41) is 12.8. The molecule has 0 aliphatic carbocycles. The van der Waals surface area contributed by atoms with Gasteiger partial charge in [0.1, 0.15) is 11.3 Å². The number of nitrogens with two attached hydrogens (primary N) is 1. The number of hydrogen-bond acceptors (Lipinski definition) is 3. The zero-order valence-corrected chi connectivity index (χ0v) is 8.70. The Morgan fingerprint density at radius 2 is 1.88 bits per heavy atom. The molecular formula is C11H9N3O3. The van der Waals surface area contributed by atoms with Gasteiger partial charge in [0.05, 0.1) is 11.9 Å². The van der Waals surface area contributed by atoms with Gasteiger partial charge >= 0.3 is 5.97 Å². The SMILES string of the molecule is NC(=O)c1c(C(=O)O)cnn1-c1ccccc1. The standard InChI is InChI=1S/C11H9N3O3/c12-10(15)9-8(11(16)17)6-13-14(9)7-4-2-1-3-5-7/h1-6H,(H2,12,15)(H,16,17). The summed E-state index contributed by atoms with van der Waals surface area (Å²) in [7, 11) is 0. The first kappa shape index (κ1) is 10.9. The van der Waals surface area contributed by atoms with Crippen LogP contribution in [-0.2, 0) is 0 Å². The van der Waals surface area contributed by atoms with Crippen LogP contribution in [0.3, 0.4) is 0 Å². The average molecular weight is 231 g/mol. The predicted molar refractivity (Wildman–Crippen MR) is 59.0 cm³/mol. The molecule has 0 bridgehead atoms. The molecule has 1 aromatic carbocycles. The molecule has 0 unspecified atom stereocenters. The zero-order valence-electron chi connectivity index (χ0n) is 8.70. The first-order valence-electron chi connectivity index (χ1n) is 4.78. The summed E-state index contributed by atoms with van der Waals surface area (Å²) in [6, 6.07) is 8.70. The van der Waals surface area contributed by atoms with Crippen LogP contribution in [0.2, 0.25) is 0 Å². The first-order valence-corrected chi connectivity index (χ1v) is 4.78. The Morgan fingerprint density at radius 3 is 2.41 bits per heavy atom. The smallest absolute Gasteiger partial charge is 0.339 e. The molecule has 2 aromatic rings. The molecule has 1 amide bonds. The van der Waals surface area contributed by atoms with Crippen molar-refractivity contribution in [2.75, 3.05) is 0 Å². The second-order valence-electron chi connectivity index (χ2n) is 3.32. The van der Waals surface area contributed by atoms with Crippen molar-refractivity contribution >= 4 is 11.9 Å². The Kier molecular flexibility index (Phi) is 2.61. The highest BCUT2D eigenvalue weighted by Crippen LogP contribution is 2.14. The number of nitrogens with zero attached hydrogens (tertiary/aromatic N) is 2. The number of carboxylic acids is 1. The van der Waals surface area contributed by atoms with Gasteiger partial charge in [0.15, 0.2) is 0 Å². The molecule has 0 fully saturated rings. The topological polar surface area (TPSA) is 98.2 Å². The second-order valence-corrected chi connectivity index (χ2v) is 3.32. The Labute approximate surface area is 96.3 Å². The molecule has 86 valence electrons. The number of benzene rings is 1. The third-order valence-electron chi connectivity index (χ3n) is 2.23. The molecule has 1 aromatic heterocycles. The van der Waals surface area contributed by atoms with Gasteiger partial charge in [-0.1, -0.05) is 18.2 Å². The van der Waals surface area contributed by atoms with Crippen molar-refractivity contribution in [2.24, 2.45) is 5.73 Å². The van der Waals surface area contributed by atoms with E-state index >= 15 is 0 Å². The number of aromatic nitrogens is 2. The molecule has 0 aliphatic heterocycles. The van der Waals surface area contributed by atoms with E-state index in [4.69, 9.17) is 10.8 Å². The lowest BCUT2D eigenvalue weighted by molar-refractivity contribution is 0.0692. The molecule has 1 heterocycles. The van der Waals surface area contributed by atoms with Crippen molar-refractivity contribution in [2.45, 2.75) is 0 Å². The molecule has 0 atom stereocenters. The number of carbonyl (C=O) groups excluding carboxylic acids is 1. The summed E-state index contributed by atoms with van der Waals surface area (Å²) in [4.78, 5) is 22.2. The van der Waals surface area contributed by atoms with E-state index in [1.165, 1.54) is 4.68 Å². The molecular weight excluding hydrogens is 222 g/mol. The normalized spacial score (nSPS) is 10.1. The Balaban J connectivity index is 2.64. The fourth-order valence-corrected chi connectivity index (χ4v) is 1.51. The van der Waals surface area contributed by atoms with Gasteiger partial charge in [0.2, 0.25) is 0 Å². The molecule has 0 saturated carbocycles. The zero-order chi connectivity index (χ0) is 12.4. The Morgan fingerprint density at radius 1 is 1.24 bits per heavy atom. The van der Waals surface area contributed by atoms with Crippen molar-refractivity contribution in [3.8, 4) is 5.69 Å². The third-order valence-corrected chi connectivity index (χ3v) is 2.23. The van der Waals surface area contributed by atoms with E-state index < -0.39 is 11.9 Å². The molecule has 0 radical (unpaired) electrons. The van der Waals surface area contributed by atoms with Gasteiger partial charge in [-0.25, -0.2) is 9.48 Å². The van der Waals surface area contributed by atoms with Crippen LogP contribution < -0.4 is 5.73 Å². The first-order chi connectivity index (χ1) is 8.11. The maximum Gasteiger partial charge on any atom is 0.339 e. The molecule has 6 heteroatoms. The molecule has 0 aliphatic rings. The highest BCUT2D eigenvalue weighted by molar-refractivity contribution is 6.03. The summed E-state index contributed by atoms with van der Waals surface area (Å²) in [6.07, 6.45) is 1.11. The fourth-order valence-electron chi connectivity index (χ4n) is 1.51. The Bertz CT molecular complexity index is 575. The van der Waals surface area contributed by atoms with Crippen LogP contribution in [0.4, 0.5) is 0 Å². The molecule has 17 heavy (non-hydrogen) atoms. The van der Waals surface area contributed by atoms with Crippen molar-refractivity contribution in [3.63, 3.8) is 0 Å². The van der Waals surface area contributed by atoms with Gasteiger partial charge < -0.3 is 10.8 Å². The Hall–Kier alpha value is -2.63. The monoisotopic (exact) mass is 231 g/mol. The minimum absolute atomic E-state index is 0.135. The summed E-state index contributed by atoms with van der Waals surface area (Å²) in [5.74, 6) is -2.07. The molecule has 2 rings (SSSR count). The minimum atomic E-state index is -1.24. The number of para-hydroxylation sites is 1. The lowest BCUT2D eigenvalue weighted by Crippen LogP contribution is -2.20. The highest BCUT2D eigenvalue weighted by atomic mass is 16.4. The van der Waals surface area contributed by atoms with Gasteiger partial charge in [-0.05, 0) is 12.1 Å². The highest BCUT2D eigenvalue weighted by Gasteiger charge is 2.21. The number of hydrogen-bond donors (Lipinski definition) is 2. The number of rotatable bonds is 3. The van der Waals surface area contributed by atoms with Gasteiger partial charge in [-0.15, -0.1) is 0 Å². The van der Waals surface area contributed by atoms with Crippen LogP contribution in [0, 0.1) is 0 Å². The number of amides is 1. The quantitative estimate of drug-likeness (QED) is 0.810. The largest absolute Gasteiger partial charge is 0.478 e. The number of carboxylic acid groups (broad SMARTS) is 1. The molecule has 3 N–H and O–H groups in total. The third kappa shape index (κ3) is 1.87. The van der Waals surface area contributed by atoms with Gasteiger partial charge in [-0.3, -0.25) is 4.79 Å². The van der Waals surface area contributed by atoms with Crippen molar-refractivity contribution in [1.82, 2.24) is 9.78 Å². The van der Waals surface area contributed by atoms with Crippen LogP contribution in [0.5, 0.6) is 0 Å². The van der Waals surface area contributed by atoms with E-state index in [0.29, 0.717) is 5.69 Å². The van der Waals surface area contributed by atoms with Crippen LogP contribution in [0.15, 0.2) is 36.5 Å². The van der Waals surface area contributed by atoms with Crippen LogP contribution in [-0.4, -0.2) is 26.8 Å².